The van der Waals surface area contributed by atoms with Crippen LogP contribution in [-0.4, -0.2) is 13.7 Å². The average Bonchev–Trinajstić information content (AvgIpc) is 2.69. The topological polar surface area (TPSA) is 61.3 Å². The van der Waals surface area contributed by atoms with Crippen molar-refractivity contribution in [2.75, 3.05) is 13.7 Å². The fourth-order valence-electron chi connectivity index (χ4n) is 3.38. The molecule has 3 aromatic carbocycles. The van der Waals surface area contributed by atoms with Crippen LogP contribution in [0.2, 0.25) is 0 Å². The number of hydrogen-bond donors (Lipinski definition) is 2. The standard InChI is InChI=1S/C22H24N2O/c1-25-20-14-12-19(13-15-20)22(24,16-23)21(17-8-4-2-5-9-17)18-10-6-3-7-11-18/h2-15,21H,16,23-24H2,1H3. The summed E-state index contributed by atoms with van der Waals surface area (Å²) in [7, 11) is 1.66. The van der Waals surface area contributed by atoms with Gasteiger partial charge in [0, 0.05) is 12.5 Å². The fraction of sp³-hybridized carbons (Fsp3) is 0.182. The van der Waals surface area contributed by atoms with Gasteiger partial charge in [-0.2, -0.15) is 0 Å². The van der Waals surface area contributed by atoms with Crippen molar-refractivity contribution in [2.24, 2.45) is 11.5 Å². The summed E-state index contributed by atoms with van der Waals surface area (Å²) >= 11 is 0. The first-order valence-electron chi connectivity index (χ1n) is 8.42. The third-order valence-electron chi connectivity index (χ3n) is 4.75. The number of benzene rings is 3. The summed E-state index contributed by atoms with van der Waals surface area (Å²) < 4.78 is 5.27. The molecular weight excluding hydrogens is 308 g/mol. The lowest BCUT2D eigenvalue weighted by Gasteiger charge is -2.38. The minimum atomic E-state index is -0.727. The Morgan fingerprint density at radius 1 is 0.800 bits per heavy atom. The van der Waals surface area contributed by atoms with Crippen LogP contribution in [0.3, 0.4) is 0 Å². The zero-order chi connectivity index (χ0) is 17.7. The van der Waals surface area contributed by atoms with Gasteiger partial charge in [0.25, 0.3) is 0 Å². The summed E-state index contributed by atoms with van der Waals surface area (Å²) in [6.45, 7) is 0.327. The Hall–Kier alpha value is -2.62. The molecule has 0 aliphatic rings. The molecule has 0 heterocycles. The van der Waals surface area contributed by atoms with Crippen LogP contribution >= 0.6 is 0 Å². The van der Waals surface area contributed by atoms with Crippen LogP contribution < -0.4 is 16.2 Å². The normalized spacial score (nSPS) is 13.4. The van der Waals surface area contributed by atoms with Crippen molar-refractivity contribution in [3.63, 3.8) is 0 Å². The molecule has 3 heteroatoms. The van der Waals surface area contributed by atoms with Crippen molar-refractivity contribution >= 4 is 0 Å². The predicted octanol–water partition coefficient (Wildman–Crippen LogP) is 3.64. The molecule has 0 aliphatic carbocycles. The maximum absolute atomic E-state index is 6.95. The third-order valence-corrected chi connectivity index (χ3v) is 4.75. The monoisotopic (exact) mass is 332 g/mol. The highest BCUT2D eigenvalue weighted by molar-refractivity contribution is 5.43. The zero-order valence-corrected chi connectivity index (χ0v) is 14.4. The Morgan fingerprint density at radius 3 is 1.68 bits per heavy atom. The first kappa shape index (κ1) is 17.2. The molecular formula is C22H24N2O. The molecule has 4 N–H and O–H groups in total. The van der Waals surface area contributed by atoms with Gasteiger partial charge in [-0.1, -0.05) is 72.8 Å². The van der Waals surface area contributed by atoms with Crippen LogP contribution in [0.1, 0.15) is 22.6 Å². The molecule has 1 unspecified atom stereocenters. The second-order valence-corrected chi connectivity index (χ2v) is 6.23. The highest BCUT2D eigenvalue weighted by Gasteiger charge is 2.37. The number of rotatable bonds is 6. The molecule has 25 heavy (non-hydrogen) atoms. The molecule has 3 rings (SSSR count). The molecule has 0 radical (unpaired) electrons. The third kappa shape index (κ3) is 3.43. The molecule has 3 aromatic rings. The highest BCUT2D eigenvalue weighted by atomic mass is 16.5. The number of methoxy groups -OCH3 is 1. The lowest BCUT2D eigenvalue weighted by molar-refractivity contribution is 0.396. The second kappa shape index (κ2) is 7.51. The lowest BCUT2D eigenvalue weighted by Crippen LogP contribution is -2.49. The molecule has 128 valence electrons. The second-order valence-electron chi connectivity index (χ2n) is 6.23. The smallest absolute Gasteiger partial charge is 0.118 e. The van der Waals surface area contributed by atoms with Gasteiger partial charge in [-0.15, -0.1) is 0 Å². The van der Waals surface area contributed by atoms with E-state index in [-0.39, 0.29) is 5.92 Å². The van der Waals surface area contributed by atoms with Gasteiger partial charge in [0.15, 0.2) is 0 Å². The van der Waals surface area contributed by atoms with Crippen molar-refractivity contribution in [3.05, 3.63) is 102 Å². The van der Waals surface area contributed by atoms with Gasteiger partial charge in [-0.25, -0.2) is 0 Å². The van der Waals surface area contributed by atoms with Crippen molar-refractivity contribution < 1.29 is 4.74 Å². The van der Waals surface area contributed by atoms with Crippen LogP contribution in [0.4, 0.5) is 0 Å². The summed E-state index contributed by atoms with van der Waals surface area (Å²) in [5.41, 5.74) is 15.7. The van der Waals surface area contributed by atoms with Gasteiger partial charge in [0.1, 0.15) is 5.75 Å². The molecule has 0 aliphatic heterocycles. The lowest BCUT2D eigenvalue weighted by atomic mass is 9.71. The molecule has 0 saturated heterocycles. The van der Waals surface area contributed by atoms with E-state index in [0.29, 0.717) is 6.54 Å². The summed E-state index contributed by atoms with van der Waals surface area (Å²) in [5.74, 6) is 0.757. The van der Waals surface area contributed by atoms with Crippen LogP contribution in [-0.2, 0) is 5.54 Å². The summed E-state index contributed by atoms with van der Waals surface area (Å²) in [6, 6.07) is 28.5. The van der Waals surface area contributed by atoms with Crippen LogP contribution in [0.5, 0.6) is 5.75 Å². The molecule has 1 atom stereocenters. The van der Waals surface area contributed by atoms with Crippen molar-refractivity contribution in [3.8, 4) is 5.75 Å². The Labute approximate surface area is 149 Å². The maximum Gasteiger partial charge on any atom is 0.118 e. The highest BCUT2D eigenvalue weighted by Crippen LogP contribution is 2.39. The van der Waals surface area contributed by atoms with Gasteiger partial charge in [0.05, 0.1) is 12.6 Å². The van der Waals surface area contributed by atoms with E-state index in [4.69, 9.17) is 16.2 Å². The van der Waals surface area contributed by atoms with E-state index >= 15 is 0 Å². The molecule has 3 nitrogen and oxygen atoms in total. The molecule has 0 saturated carbocycles. The number of hydrogen-bond acceptors (Lipinski definition) is 3. The van der Waals surface area contributed by atoms with Crippen LogP contribution in [0.25, 0.3) is 0 Å². The average molecular weight is 332 g/mol. The zero-order valence-electron chi connectivity index (χ0n) is 14.4. The van der Waals surface area contributed by atoms with Crippen LogP contribution in [0, 0.1) is 0 Å². The maximum atomic E-state index is 6.95. The van der Waals surface area contributed by atoms with Crippen LogP contribution in [0.15, 0.2) is 84.9 Å². The van der Waals surface area contributed by atoms with Crippen molar-refractivity contribution in [2.45, 2.75) is 11.5 Å². The van der Waals surface area contributed by atoms with Gasteiger partial charge in [-0.05, 0) is 28.8 Å². The van der Waals surface area contributed by atoms with Gasteiger partial charge in [0.2, 0.25) is 0 Å². The summed E-state index contributed by atoms with van der Waals surface area (Å²) in [6.07, 6.45) is 0. The SMILES string of the molecule is COc1ccc(C(N)(CN)C(c2ccccc2)c2ccccc2)cc1. The predicted molar refractivity (Wildman–Crippen MR) is 103 cm³/mol. The molecule has 0 bridgehead atoms. The minimum Gasteiger partial charge on any atom is -0.497 e. The number of ether oxygens (including phenoxy) is 1. The Bertz CT molecular complexity index is 748. The van der Waals surface area contributed by atoms with E-state index in [1.165, 1.54) is 0 Å². The first-order chi connectivity index (χ1) is 12.2. The molecule has 0 fully saturated rings. The van der Waals surface area contributed by atoms with E-state index in [1.807, 2.05) is 60.7 Å². The van der Waals surface area contributed by atoms with Gasteiger partial charge in [-0.3, -0.25) is 0 Å². The Morgan fingerprint density at radius 2 is 1.28 bits per heavy atom. The van der Waals surface area contributed by atoms with Crippen molar-refractivity contribution in [1.82, 2.24) is 0 Å². The van der Waals surface area contributed by atoms with E-state index in [2.05, 4.69) is 24.3 Å². The number of nitrogens with two attached hydrogens (primary N) is 2. The minimum absolute atomic E-state index is 0.0479. The quantitative estimate of drug-likeness (QED) is 0.724. The van der Waals surface area contributed by atoms with Gasteiger partial charge >= 0.3 is 0 Å². The van der Waals surface area contributed by atoms with Crippen molar-refractivity contribution in [1.29, 1.82) is 0 Å². The fourth-order valence-corrected chi connectivity index (χ4v) is 3.38. The molecule has 0 amide bonds. The van der Waals surface area contributed by atoms with E-state index in [9.17, 15) is 0 Å². The largest absolute Gasteiger partial charge is 0.497 e. The molecule has 0 spiro atoms. The van der Waals surface area contributed by atoms with E-state index < -0.39 is 5.54 Å². The van der Waals surface area contributed by atoms with E-state index in [0.717, 1.165) is 22.4 Å². The molecule has 0 aromatic heterocycles. The summed E-state index contributed by atoms with van der Waals surface area (Å²) in [4.78, 5) is 0. The Kier molecular flexibility index (Phi) is 5.17. The summed E-state index contributed by atoms with van der Waals surface area (Å²) in [5, 5.41) is 0. The van der Waals surface area contributed by atoms with E-state index in [1.54, 1.807) is 7.11 Å². The van der Waals surface area contributed by atoms with Gasteiger partial charge < -0.3 is 16.2 Å². The first-order valence-corrected chi connectivity index (χ1v) is 8.42. The Balaban J connectivity index is 2.14.